The maximum atomic E-state index is 14.1. The van der Waals surface area contributed by atoms with E-state index >= 15 is 0 Å². The Morgan fingerprint density at radius 3 is 2.67 bits per heavy atom. The van der Waals surface area contributed by atoms with Gasteiger partial charge in [0, 0.05) is 31.6 Å². The van der Waals surface area contributed by atoms with Gasteiger partial charge in [0.15, 0.2) is 0 Å². The van der Waals surface area contributed by atoms with Crippen LogP contribution in [0.5, 0.6) is 0 Å². The van der Waals surface area contributed by atoms with E-state index in [-0.39, 0.29) is 0 Å². The average Bonchev–Trinajstić information content (AvgIpc) is 2.41. The number of nitrogens with one attached hydrogen (secondary N) is 2. The van der Waals surface area contributed by atoms with Gasteiger partial charge >= 0.3 is 0 Å². The van der Waals surface area contributed by atoms with Crippen LogP contribution in [0.4, 0.5) is 10.1 Å². The van der Waals surface area contributed by atoms with E-state index in [4.69, 9.17) is 0 Å². The summed E-state index contributed by atoms with van der Waals surface area (Å²) < 4.78 is 14.1. The summed E-state index contributed by atoms with van der Waals surface area (Å²) in [5.41, 5.74) is 0.454. The van der Waals surface area contributed by atoms with E-state index in [0.717, 1.165) is 18.5 Å². The number of rotatable bonds is 1. The second-order valence-electron chi connectivity index (χ2n) is 4.40. The molecule has 1 aromatic carbocycles. The van der Waals surface area contributed by atoms with Crippen molar-refractivity contribution in [2.45, 2.75) is 0 Å². The third-order valence-corrected chi connectivity index (χ3v) is 3.27. The zero-order valence-electron chi connectivity index (χ0n) is 9.87. The molecule has 0 radical (unpaired) electrons. The van der Waals surface area contributed by atoms with E-state index in [2.05, 4.69) is 10.3 Å². The van der Waals surface area contributed by atoms with E-state index in [1.54, 1.807) is 6.07 Å². The molecule has 0 unspecified atom stereocenters. The first-order valence-corrected chi connectivity index (χ1v) is 6.03. The lowest BCUT2D eigenvalue weighted by Gasteiger charge is -2.30. The lowest BCUT2D eigenvalue weighted by atomic mass is 10.1. The third kappa shape index (κ3) is 1.76. The number of pyridine rings is 1. The number of benzene rings is 1. The highest BCUT2D eigenvalue weighted by Crippen LogP contribution is 2.26. The summed E-state index contributed by atoms with van der Waals surface area (Å²) >= 11 is 0. The topological polar surface area (TPSA) is 48.1 Å². The number of piperazine rings is 1. The van der Waals surface area contributed by atoms with Gasteiger partial charge in [0.1, 0.15) is 0 Å². The number of hydrogen-bond acceptors (Lipinski definition) is 3. The Balaban J connectivity index is 2.24. The highest BCUT2D eigenvalue weighted by molar-refractivity contribution is 5.91. The molecule has 18 heavy (non-hydrogen) atoms. The molecule has 1 fully saturated rings. The zero-order valence-corrected chi connectivity index (χ0v) is 9.87. The molecule has 1 aromatic heterocycles. The number of aromatic amines is 1. The SMILES string of the molecule is O=c1[nH]c2ccccc2c(N2CCNCC2)c1F. The minimum absolute atomic E-state index is 0.427. The van der Waals surface area contributed by atoms with Crippen molar-refractivity contribution in [3.05, 3.63) is 40.4 Å². The van der Waals surface area contributed by atoms with Crippen molar-refractivity contribution in [3.8, 4) is 0 Å². The highest BCUT2D eigenvalue weighted by atomic mass is 19.1. The minimum atomic E-state index is -0.685. The van der Waals surface area contributed by atoms with Gasteiger partial charge in [-0.2, -0.15) is 4.39 Å². The summed E-state index contributed by atoms with van der Waals surface area (Å²) in [7, 11) is 0. The molecule has 5 heteroatoms. The number of H-pyrrole nitrogens is 1. The summed E-state index contributed by atoms with van der Waals surface area (Å²) in [5.74, 6) is -0.685. The number of hydrogen-bond donors (Lipinski definition) is 2. The van der Waals surface area contributed by atoms with Gasteiger partial charge in [0.05, 0.1) is 11.2 Å². The van der Waals surface area contributed by atoms with Crippen molar-refractivity contribution >= 4 is 16.6 Å². The Bertz CT molecular complexity index is 632. The van der Waals surface area contributed by atoms with Crippen molar-refractivity contribution < 1.29 is 4.39 Å². The van der Waals surface area contributed by atoms with Crippen molar-refractivity contribution in [2.75, 3.05) is 31.1 Å². The third-order valence-electron chi connectivity index (χ3n) is 3.27. The summed E-state index contributed by atoms with van der Waals surface area (Å²) in [6.07, 6.45) is 0. The maximum Gasteiger partial charge on any atom is 0.286 e. The van der Waals surface area contributed by atoms with E-state index in [9.17, 15) is 9.18 Å². The van der Waals surface area contributed by atoms with Crippen LogP contribution < -0.4 is 15.8 Å². The zero-order chi connectivity index (χ0) is 12.5. The minimum Gasteiger partial charge on any atom is -0.366 e. The highest BCUT2D eigenvalue weighted by Gasteiger charge is 2.19. The van der Waals surface area contributed by atoms with Crippen LogP contribution in [0.2, 0.25) is 0 Å². The number of anilines is 1. The summed E-state index contributed by atoms with van der Waals surface area (Å²) in [6.45, 7) is 3.04. The predicted octanol–water partition coefficient (Wildman–Crippen LogP) is 1.08. The van der Waals surface area contributed by atoms with Crippen molar-refractivity contribution in [2.24, 2.45) is 0 Å². The van der Waals surface area contributed by atoms with Crippen LogP contribution in [-0.4, -0.2) is 31.2 Å². The molecule has 1 saturated heterocycles. The van der Waals surface area contributed by atoms with E-state index in [1.165, 1.54) is 0 Å². The number of aromatic nitrogens is 1. The molecule has 94 valence electrons. The predicted molar refractivity (Wildman–Crippen MR) is 69.6 cm³/mol. The molecule has 3 rings (SSSR count). The number of nitrogens with zero attached hydrogens (tertiary/aromatic N) is 1. The molecule has 1 aliphatic rings. The Hall–Kier alpha value is -1.88. The van der Waals surface area contributed by atoms with E-state index in [1.807, 2.05) is 23.1 Å². The molecule has 0 aliphatic carbocycles. The Labute approximate surface area is 103 Å². The molecular formula is C13H14FN3O. The van der Waals surface area contributed by atoms with E-state index < -0.39 is 11.4 Å². The van der Waals surface area contributed by atoms with Gasteiger partial charge in [-0.25, -0.2) is 0 Å². The summed E-state index contributed by atoms with van der Waals surface area (Å²) in [6, 6.07) is 7.32. The Morgan fingerprint density at radius 2 is 1.89 bits per heavy atom. The van der Waals surface area contributed by atoms with Crippen LogP contribution in [0.15, 0.2) is 29.1 Å². The first kappa shape index (κ1) is 11.2. The molecule has 2 aromatic rings. The van der Waals surface area contributed by atoms with Crippen LogP contribution in [0.25, 0.3) is 10.9 Å². The lowest BCUT2D eigenvalue weighted by Crippen LogP contribution is -2.44. The Kier molecular flexibility index (Phi) is 2.76. The van der Waals surface area contributed by atoms with Gasteiger partial charge in [0.2, 0.25) is 5.82 Å². The molecule has 0 saturated carbocycles. The van der Waals surface area contributed by atoms with Crippen LogP contribution in [0.1, 0.15) is 0 Å². The Morgan fingerprint density at radius 1 is 1.17 bits per heavy atom. The average molecular weight is 247 g/mol. The van der Waals surface area contributed by atoms with E-state index in [0.29, 0.717) is 24.3 Å². The van der Waals surface area contributed by atoms with Gasteiger partial charge in [-0.15, -0.1) is 0 Å². The summed E-state index contributed by atoms with van der Waals surface area (Å²) in [5, 5.41) is 3.98. The standard InChI is InChI=1S/C13H14FN3O/c14-11-12(17-7-5-15-6-8-17)9-3-1-2-4-10(9)16-13(11)18/h1-4,15H,5-8H2,(H,16,18). The molecule has 0 spiro atoms. The normalized spacial score (nSPS) is 16.2. The maximum absolute atomic E-state index is 14.1. The monoisotopic (exact) mass is 247 g/mol. The van der Waals surface area contributed by atoms with Gasteiger partial charge in [-0.05, 0) is 6.07 Å². The fraction of sp³-hybridized carbons (Fsp3) is 0.308. The largest absolute Gasteiger partial charge is 0.366 e. The van der Waals surface area contributed by atoms with Crippen molar-refractivity contribution in [1.82, 2.24) is 10.3 Å². The smallest absolute Gasteiger partial charge is 0.286 e. The van der Waals surface area contributed by atoms with Gasteiger partial charge in [-0.3, -0.25) is 4.79 Å². The molecule has 0 bridgehead atoms. The molecule has 1 aliphatic heterocycles. The van der Waals surface area contributed by atoms with Crippen molar-refractivity contribution in [3.63, 3.8) is 0 Å². The van der Waals surface area contributed by atoms with Crippen LogP contribution in [0, 0.1) is 5.82 Å². The quantitative estimate of drug-likeness (QED) is 0.792. The van der Waals surface area contributed by atoms with Gasteiger partial charge < -0.3 is 15.2 Å². The molecule has 4 nitrogen and oxygen atoms in total. The first-order valence-electron chi connectivity index (χ1n) is 6.03. The second kappa shape index (κ2) is 4.42. The molecule has 2 heterocycles. The van der Waals surface area contributed by atoms with Gasteiger partial charge in [0.25, 0.3) is 5.56 Å². The first-order chi connectivity index (χ1) is 8.77. The summed E-state index contributed by atoms with van der Waals surface area (Å²) in [4.78, 5) is 16.1. The van der Waals surface area contributed by atoms with Crippen LogP contribution in [0.3, 0.4) is 0 Å². The van der Waals surface area contributed by atoms with Crippen LogP contribution in [-0.2, 0) is 0 Å². The second-order valence-corrected chi connectivity index (χ2v) is 4.40. The van der Waals surface area contributed by atoms with Crippen LogP contribution >= 0.6 is 0 Å². The number of halogens is 1. The van der Waals surface area contributed by atoms with Gasteiger partial charge in [-0.1, -0.05) is 18.2 Å². The fourth-order valence-corrected chi connectivity index (χ4v) is 2.40. The fourth-order valence-electron chi connectivity index (χ4n) is 2.40. The molecule has 2 N–H and O–H groups in total. The molecule has 0 amide bonds. The lowest BCUT2D eigenvalue weighted by molar-refractivity contribution is 0.562. The molecule has 0 atom stereocenters. The molecular weight excluding hydrogens is 233 g/mol. The van der Waals surface area contributed by atoms with Crippen molar-refractivity contribution in [1.29, 1.82) is 0 Å². The number of para-hydroxylation sites is 1. The number of fused-ring (bicyclic) bond motifs is 1.